The van der Waals surface area contributed by atoms with Crippen LogP contribution in [0.15, 0.2) is 0 Å². The first kappa shape index (κ1) is 12.3. The Labute approximate surface area is 98.1 Å². The molecule has 2 fully saturated rings. The quantitative estimate of drug-likeness (QED) is 0.738. The topological polar surface area (TPSA) is 42.5 Å². The summed E-state index contributed by atoms with van der Waals surface area (Å²) in [5.74, 6) is 1.15. The molecule has 2 N–H and O–H groups in total. The first-order valence-corrected chi connectivity index (χ1v) is 6.33. The van der Waals surface area contributed by atoms with Crippen molar-refractivity contribution in [1.29, 1.82) is 0 Å². The highest BCUT2D eigenvalue weighted by Gasteiger charge is 2.38. The number of fused-ring (bicyclic) bond motifs is 1. The van der Waals surface area contributed by atoms with Crippen molar-refractivity contribution in [1.82, 2.24) is 10.6 Å². The first-order chi connectivity index (χ1) is 7.58. The third kappa shape index (κ3) is 2.56. The van der Waals surface area contributed by atoms with Crippen LogP contribution in [0.3, 0.4) is 0 Å². The smallest absolute Gasteiger partial charge is 0.148 e. The lowest BCUT2D eigenvalue weighted by Gasteiger charge is -2.45. The predicted molar refractivity (Wildman–Crippen MR) is 63.0 cm³/mol. The maximum Gasteiger partial charge on any atom is 0.148 e. The Balaban J connectivity index is 1.90. The molecule has 2 aliphatic heterocycles. The molecule has 0 amide bonds. The molecule has 2 rings (SSSR count). The van der Waals surface area contributed by atoms with E-state index < -0.39 is 0 Å². The Kier molecular flexibility index (Phi) is 3.85. The molecule has 4 atom stereocenters. The molecule has 0 saturated carbocycles. The second-order valence-corrected chi connectivity index (χ2v) is 5.54. The van der Waals surface area contributed by atoms with E-state index >= 15 is 0 Å². The van der Waals surface area contributed by atoms with Gasteiger partial charge in [-0.1, -0.05) is 27.7 Å². The van der Waals surface area contributed by atoms with Crippen molar-refractivity contribution in [2.45, 2.75) is 52.2 Å². The van der Waals surface area contributed by atoms with E-state index in [1.807, 2.05) is 0 Å². The highest BCUT2D eigenvalue weighted by molar-refractivity contribution is 4.87. The second-order valence-electron chi connectivity index (χ2n) is 5.54. The van der Waals surface area contributed by atoms with Gasteiger partial charge < -0.3 is 9.47 Å². The van der Waals surface area contributed by atoms with Gasteiger partial charge in [-0.25, -0.2) is 0 Å². The molecule has 0 spiro atoms. The first-order valence-electron chi connectivity index (χ1n) is 6.33. The van der Waals surface area contributed by atoms with Crippen LogP contribution in [0.5, 0.6) is 0 Å². The molecule has 0 aromatic heterocycles. The van der Waals surface area contributed by atoms with Crippen LogP contribution >= 0.6 is 0 Å². The summed E-state index contributed by atoms with van der Waals surface area (Å²) < 4.78 is 11.7. The van der Waals surface area contributed by atoms with Crippen LogP contribution < -0.4 is 10.6 Å². The van der Waals surface area contributed by atoms with Gasteiger partial charge in [-0.2, -0.15) is 0 Å². The highest BCUT2D eigenvalue weighted by Crippen LogP contribution is 2.19. The Morgan fingerprint density at radius 1 is 0.812 bits per heavy atom. The molecular formula is C12H24N2O2. The van der Waals surface area contributed by atoms with Crippen molar-refractivity contribution in [3.8, 4) is 0 Å². The lowest BCUT2D eigenvalue weighted by Crippen LogP contribution is -2.67. The molecule has 0 aliphatic carbocycles. The summed E-state index contributed by atoms with van der Waals surface area (Å²) >= 11 is 0. The molecule has 94 valence electrons. The SMILES string of the molecule is CC(C)[C@H]1CO[C@@H]2N[C@@H](C(C)C)CO[C@@H]2N1. The second kappa shape index (κ2) is 5.00. The summed E-state index contributed by atoms with van der Waals surface area (Å²) in [6, 6.07) is 0.803. The van der Waals surface area contributed by atoms with E-state index in [4.69, 9.17) is 9.47 Å². The number of hydrogen-bond acceptors (Lipinski definition) is 4. The number of rotatable bonds is 2. The molecule has 0 bridgehead atoms. The molecule has 0 radical (unpaired) electrons. The fraction of sp³-hybridized carbons (Fsp3) is 1.00. The predicted octanol–water partition coefficient (Wildman–Crippen LogP) is 0.927. The van der Waals surface area contributed by atoms with Crippen molar-refractivity contribution in [3.63, 3.8) is 0 Å². The molecule has 0 aromatic carbocycles. The molecule has 2 saturated heterocycles. The van der Waals surface area contributed by atoms with Gasteiger partial charge in [-0.05, 0) is 11.8 Å². The normalized spacial score (nSPS) is 40.1. The van der Waals surface area contributed by atoms with E-state index in [2.05, 4.69) is 38.3 Å². The van der Waals surface area contributed by atoms with Gasteiger partial charge in [0, 0.05) is 12.1 Å². The third-order valence-electron chi connectivity index (χ3n) is 3.55. The summed E-state index contributed by atoms with van der Waals surface area (Å²) in [5, 5.41) is 7.01. The minimum absolute atomic E-state index is 0.0103. The maximum absolute atomic E-state index is 5.84. The van der Waals surface area contributed by atoms with Crippen LogP contribution in [0.2, 0.25) is 0 Å². The van der Waals surface area contributed by atoms with Crippen LogP contribution in [0.25, 0.3) is 0 Å². The summed E-state index contributed by atoms with van der Waals surface area (Å²) in [5.41, 5.74) is 0. The van der Waals surface area contributed by atoms with Crippen molar-refractivity contribution in [3.05, 3.63) is 0 Å². The van der Waals surface area contributed by atoms with E-state index in [0.717, 1.165) is 13.2 Å². The summed E-state index contributed by atoms with van der Waals surface area (Å²) in [7, 11) is 0. The Hall–Kier alpha value is -0.160. The van der Waals surface area contributed by atoms with Gasteiger partial charge in [-0.3, -0.25) is 10.6 Å². The Morgan fingerprint density at radius 3 is 1.50 bits per heavy atom. The van der Waals surface area contributed by atoms with Crippen molar-refractivity contribution in [2.24, 2.45) is 11.8 Å². The van der Waals surface area contributed by atoms with E-state index in [1.54, 1.807) is 0 Å². The summed E-state index contributed by atoms with van der Waals surface area (Å²) in [4.78, 5) is 0. The average Bonchev–Trinajstić information content (AvgIpc) is 2.27. The van der Waals surface area contributed by atoms with Gasteiger partial charge in [0.2, 0.25) is 0 Å². The standard InChI is InChI=1S/C12H24N2O2/c1-7(2)9-5-15-12-11(13-9)16-6-10(14-12)8(3)4/h7-14H,5-6H2,1-4H3/t9-,10-,11+,12+/m1/s1. The van der Waals surface area contributed by atoms with Crippen LogP contribution in [0.4, 0.5) is 0 Å². The van der Waals surface area contributed by atoms with E-state index in [1.165, 1.54) is 0 Å². The largest absolute Gasteiger partial charge is 0.357 e. The van der Waals surface area contributed by atoms with Crippen molar-refractivity contribution in [2.75, 3.05) is 13.2 Å². The van der Waals surface area contributed by atoms with Crippen molar-refractivity contribution >= 4 is 0 Å². The fourth-order valence-corrected chi connectivity index (χ4v) is 2.15. The van der Waals surface area contributed by atoms with Crippen LogP contribution in [0, 0.1) is 11.8 Å². The average molecular weight is 228 g/mol. The van der Waals surface area contributed by atoms with Crippen LogP contribution in [0.1, 0.15) is 27.7 Å². The van der Waals surface area contributed by atoms with E-state index in [-0.39, 0.29) is 12.5 Å². The minimum Gasteiger partial charge on any atom is -0.357 e. The summed E-state index contributed by atoms with van der Waals surface area (Å²) in [6.07, 6.45) is 0.0206. The zero-order chi connectivity index (χ0) is 11.7. The number of ether oxygens (including phenoxy) is 2. The third-order valence-corrected chi connectivity index (χ3v) is 3.55. The molecule has 4 heteroatoms. The van der Waals surface area contributed by atoms with Crippen molar-refractivity contribution < 1.29 is 9.47 Å². The lowest BCUT2D eigenvalue weighted by molar-refractivity contribution is -0.184. The van der Waals surface area contributed by atoms with Gasteiger partial charge in [0.1, 0.15) is 12.5 Å². The molecule has 0 aromatic rings. The number of nitrogens with one attached hydrogen (secondary N) is 2. The van der Waals surface area contributed by atoms with Gasteiger partial charge in [0.25, 0.3) is 0 Å². The molecule has 0 unspecified atom stereocenters. The van der Waals surface area contributed by atoms with Crippen LogP contribution in [-0.2, 0) is 9.47 Å². The van der Waals surface area contributed by atoms with Gasteiger partial charge in [0.15, 0.2) is 0 Å². The van der Waals surface area contributed by atoms with Gasteiger partial charge >= 0.3 is 0 Å². The van der Waals surface area contributed by atoms with Gasteiger partial charge in [-0.15, -0.1) is 0 Å². The fourth-order valence-electron chi connectivity index (χ4n) is 2.15. The minimum atomic E-state index is 0.0103. The Bertz CT molecular complexity index is 209. The zero-order valence-corrected chi connectivity index (χ0v) is 10.7. The molecule has 4 nitrogen and oxygen atoms in total. The molecule has 2 heterocycles. The number of morpholine rings is 2. The van der Waals surface area contributed by atoms with E-state index in [9.17, 15) is 0 Å². The highest BCUT2D eigenvalue weighted by atomic mass is 16.6. The summed E-state index contributed by atoms with van der Waals surface area (Å²) in [6.45, 7) is 10.3. The zero-order valence-electron chi connectivity index (χ0n) is 10.7. The van der Waals surface area contributed by atoms with Gasteiger partial charge in [0.05, 0.1) is 13.2 Å². The maximum atomic E-state index is 5.84. The van der Waals surface area contributed by atoms with Crippen LogP contribution in [-0.4, -0.2) is 37.8 Å². The van der Waals surface area contributed by atoms with E-state index in [0.29, 0.717) is 23.9 Å². The lowest BCUT2D eigenvalue weighted by atomic mass is 10.0. The monoisotopic (exact) mass is 228 g/mol. The molecular weight excluding hydrogens is 204 g/mol. The molecule has 16 heavy (non-hydrogen) atoms. The Morgan fingerprint density at radius 2 is 1.19 bits per heavy atom. The molecule has 2 aliphatic rings. The number of hydrogen-bond donors (Lipinski definition) is 2.